The Bertz CT molecular complexity index is 886. The first-order valence-electron chi connectivity index (χ1n) is 8.83. The number of piperazine rings is 1. The van der Waals surface area contributed by atoms with Crippen LogP contribution in [0.25, 0.3) is 10.9 Å². The van der Waals surface area contributed by atoms with Gasteiger partial charge in [0.2, 0.25) is 5.95 Å². The zero-order chi connectivity index (χ0) is 17.9. The Kier molecular flexibility index (Phi) is 4.53. The number of para-hydroxylation sites is 1. The van der Waals surface area contributed by atoms with Crippen LogP contribution in [0, 0.1) is 0 Å². The van der Waals surface area contributed by atoms with Crippen molar-refractivity contribution in [3.63, 3.8) is 0 Å². The van der Waals surface area contributed by atoms with Gasteiger partial charge in [-0.2, -0.15) is 4.98 Å². The molecule has 134 valence electrons. The number of fused-ring (bicyclic) bond motifs is 1. The molecule has 0 saturated carbocycles. The first kappa shape index (κ1) is 16.5. The van der Waals surface area contributed by atoms with Crippen LogP contribution < -0.4 is 16.0 Å². The maximum absolute atomic E-state index is 6.03. The van der Waals surface area contributed by atoms with Gasteiger partial charge in [0.1, 0.15) is 11.6 Å². The van der Waals surface area contributed by atoms with Crippen LogP contribution in [0.15, 0.2) is 42.6 Å². The Labute approximate surface area is 152 Å². The van der Waals surface area contributed by atoms with Crippen LogP contribution in [0.5, 0.6) is 0 Å². The molecular weight excluding hydrogens is 326 g/mol. The summed E-state index contributed by atoms with van der Waals surface area (Å²) in [7, 11) is 2.15. The van der Waals surface area contributed by atoms with E-state index in [2.05, 4.69) is 49.2 Å². The van der Waals surface area contributed by atoms with Crippen LogP contribution >= 0.6 is 0 Å². The van der Waals surface area contributed by atoms with E-state index < -0.39 is 0 Å². The summed E-state index contributed by atoms with van der Waals surface area (Å²) in [5, 5.41) is 4.11. The number of hydrogen-bond donors (Lipinski definition) is 2. The van der Waals surface area contributed by atoms with E-state index in [0.717, 1.165) is 48.5 Å². The Morgan fingerprint density at radius 1 is 1.04 bits per heavy atom. The molecule has 7 heteroatoms. The molecule has 1 saturated heterocycles. The van der Waals surface area contributed by atoms with Gasteiger partial charge in [-0.3, -0.25) is 0 Å². The molecule has 1 aliphatic heterocycles. The van der Waals surface area contributed by atoms with E-state index in [1.165, 1.54) is 0 Å². The summed E-state index contributed by atoms with van der Waals surface area (Å²) in [6, 6.07) is 11.9. The highest BCUT2D eigenvalue weighted by molar-refractivity contribution is 5.88. The molecule has 3 heterocycles. The van der Waals surface area contributed by atoms with Crippen LogP contribution in [0.1, 0.15) is 5.56 Å². The van der Waals surface area contributed by atoms with Gasteiger partial charge in [0.25, 0.3) is 0 Å². The van der Waals surface area contributed by atoms with Crippen molar-refractivity contribution in [2.24, 2.45) is 0 Å². The second-order valence-electron chi connectivity index (χ2n) is 6.62. The highest BCUT2D eigenvalue weighted by Crippen LogP contribution is 2.19. The van der Waals surface area contributed by atoms with Crippen molar-refractivity contribution in [2.45, 2.75) is 6.54 Å². The summed E-state index contributed by atoms with van der Waals surface area (Å²) in [6.07, 6.45) is 1.91. The van der Waals surface area contributed by atoms with Gasteiger partial charge in [-0.05, 0) is 30.8 Å². The van der Waals surface area contributed by atoms with Crippen LogP contribution in [0.3, 0.4) is 0 Å². The average molecular weight is 349 g/mol. The molecule has 1 aliphatic rings. The van der Waals surface area contributed by atoms with Crippen LogP contribution in [0.2, 0.25) is 0 Å². The largest absolute Gasteiger partial charge is 0.383 e. The fourth-order valence-electron chi connectivity index (χ4n) is 3.11. The number of nitrogen functional groups attached to an aromatic ring is 1. The predicted molar refractivity (Wildman–Crippen MR) is 105 cm³/mol. The number of hydrogen-bond acceptors (Lipinski definition) is 7. The molecule has 0 aliphatic carbocycles. The summed E-state index contributed by atoms with van der Waals surface area (Å²) < 4.78 is 0. The molecule has 2 aromatic heterocycles. The van der Waals surface area contributed by atoms with Gasteiger partial charge in [0.15, 0.2) is 0 Å². The van der Waals surface area contributed by atoms with E-state index in [1.54, 1.807) is 0 Å². The van der Waals surface area contributed by atoms with Gasteiger partial charge in [-0.15, -0.1) is 0 Å². The number of benzene rings is 1. The standard InChI is InChI=1S/C19H23N7/c1-25-8-10-26(11-9-25)17-7-6-14(12-21-17)13-22-19-23-16-5-3-2-4-15(16)18(20)24-19/h2-7,12H,8-11,13H2,1H3,(H3,20,22,23,24). The summed E-state index contributed by atoms with van der Waals surface area (Å²) >= 11 is 0. The predicted octanol–water partition coefficient (Wildman–Crippen LogP) is 1.97. The molecule has 0 spiro atoms. The van der Waals surface area contributed by atoms with Crippen molar-refractivity contribution in [1.29, 1.82) is 0 Å². The molecule has 1 fully saturated rings. The lowest BCUT2D eigenvalue weighted by Crippen LogP contribution is -2.44. The lowest BCUT2D eigenvalue weighted by Gasteiger charge is -2.33. The van der Waals surface area contributed by atoms with Crippen molar-refractivity contribution >= 4 is 28.5 Å². The minimum Gasteiger partial charge on any atom is -0.383 e. The van der Waals surface area contributed by atoms with Crippen LogP contribution in [-0.2, 0) is 6.54 Å². The van der Waals surface area contributed by atoms with Crippen LogP contribution in [0.4, 0.5) is 17.6 Å². The molecule has 26 heavy (non-hydrogen) atoms. The van der Waals surface area contributed by atoms with E-state index in [-0.39, 0.29) is 0 Å². The van der Waals surface area contributed by atoms with Gasteiger partial charge in [-0.25, -0.2) is 9.97 Å². The van der Waals surface area contributed by atoms with Gasteiger partial charge >= 0.3 is 0 Å². The third-order valence-electron chi connectivity index (χ3n) is 4.72. The minimum absolute atomic E-state index is 0.488. The maximum Gasteiger partial charge on any atom is 0.225 e. The fraction of sp³-hybridized carbons (Fsp3) is 0.316. The topological polar surface area (TPSA) is 83.2 Å². The summed E-state index contributed by atoms with van der Waals surface area (Å²) in [4.78, 5) is 18.1. The highest BCUT2D eigenvalue weighted by atomic mass is 15.3. The van der Waals surface area contributed by atoms with E-state index in [4.69, 9.17) is 5.73 Å². The Morgan fingerprint density at radius 2 is 1.85 bits per heavy atom. The normalized spacial score (nSPS) is 15.3. The van der Waals surface area contributed by atoms with E-state index in [9.17, 15) is 0 Å². The Balaban J connectivity index is 1.42. The Hall–Kier alpha value is -2.93. The number of pyridine rings is 1. The number of nitrogens with zero attached hydrogens (tertiary/aromatic N) is 5. The zero-order valence-corrected chi connectivity index (χ0v) is 14.9. The van der Waals surface area contributed by atoms with Gasteiger partial charge < -0.3 is 20.9 Å². The minimum atomic E-state index is 0.488. The molecule has 7 nitrogen and oxygen atoms in total. The number of aromatic nitrogens is 3. The second kappa shape index (κ2) is 7.13. The fourth-order valence-corrected chi connectivity index (χ4v) is 3.11. The number of nitrogens with one attached hydrogen (secondary N) is 1. The van der Waals surface area contributed by atoms with Crippen molar-refractivity contribution in [1.82, 2.24) is 19.9 Å². The zero-order valence-electron chi connectivity index (χ0n) is 14.9. The third-order valence-corrected chi connectivity index (χ3v) is 4.72. The van der Waals surface area contributed by atoms with E-state index in [1.807, 2.05) is 30.5 Å². The number of rotatable bonds is 4. The summed E-state index contributed by atoms with van der Waals surface area (Å²) in [6.45, 7) is 4.79. The molecule has 0 amide bonds. The third kappa shape index (κ3) is 3.52. The van der Waals surface area contributed by atoms with Gasteiger partial charge in [0, 0.05) is 44.3 Å². The molecule has 0 bridgehead atoms. The molecule has 0 radical (unpaired) electrons. The van der Waals surface area contributed by atoms with Crippen molar-refractivity contribution < 1.29 is 0 Å². The number of likely N-dealkylation sites (N-methyl/N-ethyl adjacent to an activating group) is 1. The maximum atomic E-state index is 6.03. The highest BCUT2D eigenvalue weighted by Gasteiger charge is 2.15. The van der Waals surface area contributed by atoms with Gasteiger partial charge in [-0.1, -0.05) is 18.2 Å². The molecule has 1 aromatic carbocycles. The monoisotopic (exact) mass is 349 g/mol. The first-order valence-corrected chi connectivity index (χ1v) is 8.83. The smallest absolute Gasteiger partial charge is 0.225 e. The molecule has 4 rings (SSSR count). The number of anilines is 3. The lowest BCUT2D eigenvalue weighted by atomic mass is 10.2. The number of nitrogens with two attached hydrogens (primary N) is 1. The lowest BCUT2D eigenvalue weighted by molar-refractivity contribution is 0.312. The first-order chi connectivity index (χ1) is 12.7. The molecule has 0 atom stereocenters. The van der Waals surface area contributed by atoms with Crippen LogP contribution in [-0.4, -0.2) is 53.1 Å². The summed E-state index contributed by atoms with van der Waals surface area (Å²) in [5.41, 5.74) is 7.95. The quantitative estimate of drug-likeness (QED) is 0.745. The molecule has 3 N–H and O–H groups in total. The average Bonchev–Trinajstić information content (AvgIpc) is 2.68. The Morgan fingerprint density at radius 3 is 2.62 bits per heavy atom. The van der Waals surface area contributed by atoms with Crippen molar-refractivity contribution in [3.8, 4) is 0 Å². The second-order valence-corrected chi connectivity index (χ2v) is 6.62. The van der Waals surface area contributed by atoms with Crippen molar-refractivity contribution in [3.05, 3.63) is 48.2 Å². The van der Waals surface area contributed by atoms with E-state index in [0.29, 0.717) is 18.3 Å². The van der Waals surface area contributed by atoms with E-state index >= 15 is 0 Å². The molecular formula is C19H23N7. The van der Waals surface area contributed by atoms with Crippen molar-refractivity contribution in [2.75, 3.05) is 49.2 Å². The summed E-state index contributed by atoms with van der Waals surface area (Å²) in [5.74, 6) is 2.05. The SMILES string of the molecule is CN1CCN(c2ccc(CNc3nc(N)c4ccccc4n3)cn2)CC1. The molecule has 0 unspecified atom stereocenters. The van der Waals surface area contributed by atoms with Gasteiger partial charge in [0.05, 0.1) is 5.52 Å². The molecule has 3 aromatic rings.